The molecule has 0 bridgehead atoms. The van der Waals surface area contributed by atoms with E-state index in [1.807, 2.05) is 43.3 Å². The minimum absolute atomic E-state index is 0.0661. The molecule has 0 atom stereocenters. The third-order valence-corrected chi connectivity index (χ3v) is 3.40. The summed E-state index contributed by atoms with van der Waals surface area (Å²) in [4.78, 5) is 21.1. The smallest absolute Gasteiger partial charge is 0.251 e. The summed E-state index contributed by atoms with van der Waals surface area (Å²) in [6.07, 6.45) is 2.26. The van der Waals surface area contributed by atoms with Gasteiger partial charge in [-0.05, 0) is 25.0 Å². The molecule has 0 radical (unpaired) electrons. The summed E-state index contributed by atoms with van der Waals surface area (Å²) in [7, 11) is 4.01. The minimum atomic E-state index is -0.0661. The van der Waals surface area contributed by atoms with Crippen molar-refractivity contribution in [3.05, 3.63) is 46.5 Å². The second-order valence-electron chi connectivity index (χ2n) is 5.23. The Morgan fingerprint density at radius 1 is 1.21 bits per heavy atom. The second kappa shape index (κ2) is 4.53. The Morgan fingerprint density at radius 3 is 2.47 bits per heavy atom. The van der Waals surface area contributed by atoms with Crippen molar-refractivity contribution in [2.45, 2.75) is 18.8 Å². The van der Waals surface area contributed by atoms with E-state index in [0.29, 0.717) is 5.92 Å². The highest BCUT2D eigenvalue weighted by Gasteiger charge is 2.26. The molecule has 2 aromatic rings. The van der Waals surface area contributed by atoms with Crippen LogP contribution in [0.5, 0.6) is 0 Å². The molecule has 0 aliphatic heterocycles. The first-order chi connectivity index (χ1) is 9.13. The zero-order valence-corrected chi connectivity index (χ0v) is 11.2. The van der Waals surface area contributed by atoms with Crippen LogP contribution in [0.4, 0.5) is 5.69 Å². The molecule has 19 heavy (non-hydrogen) atoms. The van der Waals surface area contributed by atoms with E-state index in [1.165, 1.54) is 0 Å². The van der Waals surface area contributed by atoms with Crippen molar-refractivity contribution in [3.63, 3.8) is 0 Å². The Hall–Kier alpha value is -2.10. The maximum atomic E-state index is 11.7. The SMILES string of the molecule is CN(C)c1ccc(-c2cc(=O)[nH]c(C3CC3)n2)cc1. The lowest BCUT2D eigenvalue weighted by atomic mass is 10.1. The van der Waals surface area contributed by atoms with Crippen molar-refractivity contribution in [1.29, 1.82) is 0 Å². The summed E-state index contributed by atoms with van der Waals surface area (Å²) in [5.41, 5.74) is 2.81. The number of hydrogen-bond donors (Lipinski definition) is 1. The monoisotopic (exact) mass is 255 g/mol. The van der Waals surface area contributed by atoms with Gasteiger partial charge in [-0.3, -0.25) is 4.79 Å². The second-order valence-corrected chi connectivity index (χ2v) is 5.23. The maximum Gasteiger partial charge on any atom is 0.251 e. The van der Waals surface area contributed by atoms with Gasteiger partial charge in [-0.1, -0.05) is 12.1 Å². The number of anilines is 1. The van der Waals surface area contributed by atoms with Crippen LogP contribution in [-0.2, 0) is 0 Å². The topological polar surface area (TPSA) is 49.0 Å². The summed E-state index contributed by atoms with van der Waals surface area (Å²) in [5.74, 6) is 1.29. The van der Waals surface area contributed by atoms with E-state index >= 15 is 0 Å². The van der Waals surface area contributed by atoms with E-state index in [-0.39, 0.29) is 5.56 Å². The number of benzene rings is 1. The number of rotatable bonds is 3. The molecule has 4 nitrogen and oxygen atoms in total. The highest BCUT2D eigenvalue weighted by atomic mass is 16.1. The fourth-order valence-corrected chi connectivity index (χ4v) is 2.10. The maximum absolute atomic E-state index is 11.7. The molecular formula is C15H17N3O. The summed E-state index contributed by atoms with van der Waals surface area (Å²) < 4.78 is 0. The van der Waals surface area contributed by atoms with Gasteiger partial charge in [-0.15, -0.1) is 0 Å². The Labute approximate surface area is 112 Å². The molecule has 3 rings (SSSR count). The van der Waals surface area contributed by atoms with Gasteiger partial charge < -0.3 is 9.88 Å². The van der Waals surface area contributed by atoms with Gasteiger partial charge in [-0.25, -0.2) is 4.98 Å². The van der Waals surface area contributed by atoms with Crippen LogP contribution in [0, 0.1) is 0 Å². The van der Waals surface area contributed by atoms with Crippen molar-refractivity contribution >= 4 is 5.69 Å². The predicted octanol–water partition coefficient (Wildman–Crippen LogP) is 2.38. The summed E-state index contributed by atoms with van der Waals surface area (Å²) in [6, 6.07) is 9.65. The molecule has 1 fully saturated rings. The molecule has 1 heterocycles. The van der Waals surface area contributed by atoms with Crippen LogP contribution in [0.3, 0.4) is 0 Å². The number of aromatic nitrogens is 2. The highest BCUT2D eigenvalue weighted by Crippen LogP contribution is 2.38. The van der Waals surface area contributed by atoms with E-state index in [0.717, 1.165) is 35.6 Å². The van der Waals surface area contributed by atoms with E-state index < -0.39 is 0 Å². The van der Waals surface area contributed by atoms with E-state index in [1.54, 1.807) is 6.07 Å². The van der Waals surface area contributed by atoms with Crippen molar-refractivity contribution in [1.82, 2.24) is 9.97 Å². The quantitative estimate of drug-likeness (QED) is 0.916. The van der Waals surface area contributed by atoms with Crippen LogP contribution >= 0.6 is 0 Å². The van der Waals surface area contributed by atoms with Crippen molar-refractivity contribution in [3.8, 4) is 11.3 Å². The first kappa shape index (κ1) is 12.0. The Kier molecular flexibility index (Phi) is 2.85. The van der Waals surface area contributed by atoms with Crippen molar-refractivity contribution in [2.24, 2.45) is 0 Å². The van der Waals surface area contributed by atoms with Crippen LogP contribution in [0.1, 0.15) is 24.6 Å². The Balaban J connectivity index is 1.98. The molecule has 1 aromatic carbocycles. The third kappa shape index (κ3) is 2.52. The molecule has 0 saturated heterocycles. The van der Waals surface area contributed by atoms with Crippen molar-refractivity contribution < 1.29 is 0 Å². The largest absolute Gasteiger partial charge is 0.378 e. The first-order valence-corrected chi connectivity index (χ1v) is 6.52. The Morgan fingerprint density at radius 2 is 1.89 bits per heavy atom. The molecule has 98 valence electrons. The summed E-state index contributed by atoms with van der Waals surface area (Å²) in [5, 5.41) is 0. The van der Waals surface area contributed by atoms with Gasteiger partial charge in [0.1, 0.15) is 5.82 Å². The predicted molar refractivity (Wildman–Crippen MR) is 76.6 cm³/mol. The average Bonchev–Trinajstić information content (AvgIpc) is 3.22. The van der Waals surface area contributed by atoms with E-state index in [2.05, 4.69) is 9.97 Å². The number of nitrogens with zero attached hydrogens (tertiary/aromatic N) is 2. The van der Waals surface area contributed by atoms with Crippen LogP contribution in [-0.4, -0.2) is 24.1 Å². The molecule has 1 aliphatic rings. The zero-order valence-electron chi connectivity index (χ0n) is 11.2. The van der Waals surface area contributed by atoms with Gasteiger partial charge in [-0.2, -0.15) is 0 Å². The summed E-state index contributed by atoms with van der Waals surface area (Å²) in [6.45, 7) is 0. The number of aromatic amines is 1. The number of H-pyrrole nitrogens is 1. The lowest BCUT2D eigenvalue weighted by Crippen LogP contribution is -2.10. The molecule has 4 heteroatoms. The van der Waals surface area contributed by atoms with Crippen LogP contribution < -0.4 is 10.5 Å². The van der Waals surface area contributed by atoms with Crippen LogP contribution in [0.15, 0.2) is 35.1 Å². The van der Waals surface area contributed by atoms with E-state index in [9.17, 15) is 4.79 Å². The molecule has 0 spiro atoms. The standard InChI is InChI=1S/C15H17N3O/c1-18(2)12-7-5-10(6-8-12)13-9-14(19)17-15(16-13)11-3-4-11/h5-9,11H,3-4H2,1-2H3,(H,16,17,19). The average molecular weight is 255 g/mol. The molecule has 0 amide bonds. The van der Waals surface area contributed by atoms with Gasteiger partial charge in [0.05, 0.1) is 5.69 Å². The fraction of sp³-hybridized carbons (Fsp3) is 0.333. The molecule has 1 N–H and O–H groups in total. The van der Waals surface area contributed by atoms with Crippen LogP contribution in [0.2, 0.25) is 0 Å². The lowest BCUT2D eigenvalue weighted by molar-refractivity contribution is 0.912. The normalized spacial score (nSPS) is 14.4. The minimum Gasteiger partial charge on any atom is -0.378 e. The zero-order chi connectivity index (χ0) is 13.4. The van der Waals surface area contributed by atoms with Gasteiger partial charge in [0.2, 0.25) is 0 Å². The van der Waals surface area contributed by atoms with Gasteiger partial charge in [0.25, 0.3) is 5.56 Å². The molecule has 1 aliphatic carbocycles. The molecule has 0 unspecified atom stereocenters. The number of nitrogens with one attached hydrogen (secondary N) is 1. The Bertz CT molecular complexity index is 639. The van der Waals surface area contributed by atoms with E-state index in [4.69, 9.17) is 0 Å². The molecule has 1 aromatic heterocycles. The number of hydrogen-bond acceptors (Lipinski definition) is 3. The van der Waals surface area contributed by atoms with Crippen molar-refractivity contribution in [2.75, 3.05) is 19.0 Å². The lowest BCUT2D eigenvalue weighted by Gasteiger charge is -2.12. The summed E-state index contributed by atoms with van der Waals surface area (Å²) >= 11 is 0. The van der Waals surface area contributed by atoms with Gasteiger partial charge >= 0.3 is 0 Å². The van der Waals surface area contributed by atoms with Gasteiger partial charge in [0.15, 0.2) is 0 Å². The molecular weight excluding hydrogens is 238 g/mol. The first-order valence-electron chi connectivity index (χ1n) is 6.52. The highest BCUT2D eigenvalue weighted by molar-refractivity contribution is 5.62. The van der Waals surface area contributed by atoms with Gasteiger partial charge in [0, 0.05) is 37.3 Å². The van der Waals surface area contributed by atoms with Crippen LogP contribution in [0.25, 0.3) is 11.3 Å². The molecule has 1 saturated carbocycles. The third-order valence-electron chi connectivity index (χ3n) is 3.40. The fourth-order valence-electron chi connectivity index (χ4n) is 2.10.